The van der Waals surface area contributed by atoms with Gasteiger partial charge in [0.05, 0.1) is 6.54 Å². The van der Waals surface area contributed by atoms with E-state index in [1.54, 1.807) is 0 Å². The number of rotatable bonds is 8. The molecule has 3 atom stereocenters. The molecule has 22 heavy (non-hydrogen) atoms. The largest absolute Gasteiger partial charge is 1.00 e. The van der Waals surface area contributed by atoms with Crippen LogP contribution in [0.25, 0.3) is 0 Å². The molecule has 0 aromatic heterocycles. The van der Waals surface area contributed by atoms with Crippen LogP contribution in [0.5, 0.6) is 0 Å². The lowest BCUT2D eigenvalue weighted by Crippen LogP contribution is -3.00. The van der Waals surface area contributed by atoms with Gasteiger partial charge in [0.2, 0.25) is 5.91 Å². The van der Waals surface area contributed by atoms with Crippen LogP contribution in [0.1, 0.15) is 53.4 Å². The second-order valence-corrected chi connectivity index (χ2v) is 7.41. The number of amides is 1. The Kier molecular flexibility index (Phi) is 7.16. The van der Waals surface area contributed by atoms with Gasteiger partial charge in [0.1, 0.15) is 0 Å². The summed E-state index contributed by atoms with van der Waals surface area (Å²) in [6.45, 7) is 11.7. The average Bonchev–Trinajstić information content (AvgIpc) is 2.97. The summed E-state index contributed by atoms with van der Waals surface area (Å²) in [7, 11) is 0. The lowest BCUT2D eigenvalue weighted by Gasteiger charge is -2.48. The maximum absolute atomic E-state index is 12.3. The Labute approximate surface area is 141 Å². The second-order valence-electron chi connectivity index (χ2n) is 7.41. The molecule has 0 aromatic rings. The Morgan fingerprint density at radius 3 is 2.50 bits per heavy atom. The second kappa shape index (κ2) is 7.98. The van der Waals surface area contributed by atoms with Crippen molar-refractivity contribution in [1.29, 1.82) is 0 Å². The lowest BCUT2D eigenvalue weighted by atomic mass is 9.64. The van der Waals surface area contributed by atoms with Gasteiger partial charge in [-0.25, -0.2) is 0 Å². The SMILES string of the molecule is CCOCCCNCC(=O)NC1(C)C2CCC(C2)C1(C)C.[Cl-]. The van der Waals surface area contributed by atoms with Crippen LogP contribution >= 0.6 is 0 Å². The summed E-state index contributed by atoms with van der Waals surface area (Å²) in [5.74, 6) is 1.56. The minimum absolute atomic E-state index is 0. The highest BCUT2D eigenvalue weighted by atomic mass is 35.5. The van der Waals surface area contributed by atoms with Crippen molar-refractivity contribution in [3.05, 3.63) is 0 Å². The number of carbonyl (C=O) groups is 1. The third-order valence-electron chi connectivity index (χ3n) is 6.14. The lowest BCUT2D eigenvalue weighted by molar-refractivity contribution is -0.124. The zero-order chi connectivity index (χ0) is 15.5. The minimum atomic E-state index is -0.0417. The molecule has 2 N–H and O–H groups in total. The van der Waals surface area contributed by atoms with E-state index in [1.165, 1.54) is 19.3 Å². The van der Waals surface area contributed by atoms with Gasteiger partial charge in [-0.3, -0.25) is 4.79 Å². The van der Waals surface area contributed by atoms with Gasteiger partial charge in [-0.15, -0.1) is 0 Å². The van der Waals surface area contributed by atoms with E-state index < -0.39 is 0 Å². The van der Waals surface area contributed by atoms with Crippen molar-refractivity contribution < 1.29 is 21.9 Å². The predicted octanol–water partition coefficient (Wildman–Crippen LogP) is -0.662. The molecule has 3 unspecified atom stereocenters. The van der Waals surface area contributed by atoms with Crippen molar-refractivity contribution >= 4 is 5.91 Å². The van der Waals surface area contributed by atoms with E-state index in [4.69, 9.17) is 4.74 Å². The van der Waals surface area contributed by atoms with Gasteiger partial charge in [-0.1, -0.05) is 13.8 Å². The first-order valence-corrected chi connectivity index (χ1v) is 8.51. The van der Waals surface area contributed by atoms with E-state index in [2.05, 4.69) is 31.4 Å². The molecule has 2 saturated carbocycles. The number of halogens is 1. The van der Waals surface area contributed by atoms with Crippen molar-refractivity contribution in [3.63, 3.8) is 0 Å². The highest BCUT2D eigenvalue weighted by Crippen LogP contribution is 2.61. The Morgan fingerprint density at radius 2 is 1.91 bits per heavy atom. The summed E-state index contributed by atoms with van der Waals surface area (Å²) in [6, 6.07) is 0. The van der Waals surface area contributed by atoms with Gasteiger partial charge in [0.25, 0.3) is 0 Å². The Balaban J connectivity index is 0.00000242. The molecule has 0 aliphatic heterocycles. The van der Waals surface area contributed by atoms with Gasteiger partial charge < -0.3 is 27.8 Å². The number of hydrogen-bond donors (Lipinski definition) is 2. The molecule has 2 rings (SSSR count). The molecule has 0 radical (unpaired) electrons. The van der Waals surface area contributed by atoms with Crippen molar-refractivity contribution in [2.75, 3.05) is 26.3 Å². The molecule has 0 saturated heterocycles. The number of fused-ring (bicyclic) bond motifs is 2. The van der Waals surface area contributed by atoms with Crippen molar-refractivity contribution in [2.45, 2.75) is 58.9 Å². The Bertz CT molecular complexity index is 376. The van der Waals surface area contributed by atoms with Crippen LogP contribution in [0.4, 0.5) is 0 Å². The maximum Gasteiger partial charge on any atom is 0.234 e. The molecule has 5 heteroatoms. The van der Waals surface area contributed by atoms with Crippen LogP contribution in [-0.2, 0) is 9.53 Å². The summed E-state index contributed by atoms with van der Waals surface area (Å²) in [5, 5.41) is 6.56. The van der Waals surface area contributed by atoms with Crippen molar-refractivity contribution in [2.24, 2.45) is 17.3 Å². The molecule has 2 aliphatic rings. The number of nitrogens with one attached hydrogen (secondary N) is 2. The zero-order valence-electron chi connectivity index (χ0n) is 14.5. The van der Waals surface area contributed by atoms with Crippen LogP contribution in [0.15, 0.2) is 0 Å². The first-order chi connectivity index (χ1) is 9.91. The highest BCUT2D eigenvalue weighted by Gasteiger charge is 2.60. The maximum atomic E-state index is 12.3. The molecule has 2 aliphatic carbocycles. The normalized spacial score (nSPS) is 31.8. The monoisotopic (exact) mass is 331 g/mol. The van der Waals surface area contributed by atoms with Gasteiger partial charge in [-0.2, -0.15) is 0 Å². The molecule has 0 aromatic carbocycles. The summed E-state index contributed by atoms with van der Waals surface area (Å²) >= 11 is 0. The molecular formula is C17H32ClN2O2-. The topological polar surface area (TPSA) is 50.4 Å². The Morgan fingerprint density at radius 1 is 1.23 bits per heavy atom. The summed E-state index contributed by atoms with van der Waals surface area (Å²) < 4.78 is 5.28. The summed E-state index contributed by atoms with van der Waals surface area (Å²) in [6.07, 6.45) is 4.84. The van der Waals surface area contributed by atoms with Crippen molar-refractivity contribution in [3.8, 4) is 0 Å². The van der Waals surface area contributed by atoms with E-state index in [9.17, 15) is 4.79 Å². The fraction of sp³-hybridized carbons (Fsp3) is 0.941. The third kappa shape index (κ3) is 3.77. The van der Waals surface area contributed by atoms with Crippen molar-refractivity contribution in [1.82, 2.24) is 10.6 Å². The van der Waals surface area contributed by atoms with E-state index >= 15 is 0 Å². The quantitative estimate of drug-likeness (QED) is 0.581. The number of ether oxygens (including phenoxy) is 1. The summed E-state index contributed by atoms with van der Waals surface area (Å²) in [5.41, 5.74) is 0.167. The molecule has 130 valence electrons. The van der Waals surface area contributed by atoms with Gasteiger partial charge in [0, 0.05) is 18.8 Å². The predicted molar refractivity (Wildman–Crippen MR) is 85.1 cm³/mol. The first-order valence-electron chi connectivity index (χ1n) is 8.51. The molecule has 4 nitrogen and oxygen atoms in total. The highest BCUT2D eigenvalue weighted by molar-refractivity contribution is 5.79. The number of carbonyl (C=O) groups excluding carboxylic acids is 1. The van der Waals surface area contributed by atoms with Gasteiger partial charge >= 0.3 is 0 Å². The smallest absolute Gasteiger partial charge is 0.234 e. The van der Waals surface area contributed by atoms with Crippen LogP contribution in [-0.4, -0.2) is 37.7 Å². The van der Waals surface area contributed by atoms with E-state index in [0.717, 1.165) is 32.1 Å². The molecule has 0 spiro atoms. The molecular weight excluding hydrogens is 300 g/mol. The Hall–Kier alpha value is -0.320. The van der Waals surface area contributed by atoms with E-state index in [-0.39, 0.29) is 29.3 Å². The molecule has 1 amide bonds. The van der Waals surface area contributed by atoms with E-state index in [1.807, 2.05) is 6.92 Å². The number of hydrogen-bond acceptors (Lipinski definition) is 3. The van der Waals surface area contributed by atoms with Gasteiger partial charge in [-0.05, 0) is 63.3 Å². The van der Waals surface area contributed by atoms with Crippen LogP contribution in [0.3, 0.4) is 0 Å². The zero-order valence-corrected chi connectivity index (χ0v) is 15.3. The van der Waals surface area contributed by atoms with E-state index in [0.29, 0.717) is 12.5 Å². The fourth-order valence-electron chi connectivity index (χ4n) is 4.35. The minimum Gasteiger partial charge on any atom is -1.00 e. The molecule has 2 bridgehead atoms. The molecule has 0 heterocycles. The van der Waals surface area contributed by atoms with Gasteiger partial charge in [0.15, 0.2) is 0 Å². The average molecular weight is 332 g/mol. The first kappa shape index (κ1) is 19.7. The third-order valence-corrected chi connectivity index (χ3v) is 6.14. The fourth-order valence-corrected chi connectivity index (χ4v) is 4.35. The summed E-state index contributed by atoms with van der Waals surface area (Å²) in [4.78, 5) is 12.3. The molecule has 2 fully saturated rings. The van der Waals surface area contributed by atoms with Crippen LogP contribution in [0, 0.1) is 17.3 Å². The van der Waals surface area contributed by atoms with Crippen LogP contribution < -0.4 is 23.0 Å². The standard InChI is InChI=1S/C17H32N2O2.ClH/c1-5-21-10-6-9-18-12-15(20)19-17(4)14-8-7-13(11-14)16(17,2)3;/h13-14,18H,5-12H2,1-4H3,(H,19,20);1H/p-1. The van der Waals surface area contributed by atoms with Crippen LogP contribution in [0.2, 0.25) is 0 Å².